The van der Waals surface area contributed by atoms with Crippen LogP contribution in [0.15, 0.2) is 28.6 Å². The standard InChI is InChI=1S/C10H7F3N2O3S2/c11-10(12,13)7-3-1-2-6(4-7)5-8-14-15-9(19-8)20(16,17)18/h1-4H,5H2,(H,16,17,18). The van der Waals surface area contributed by atoms with E-state index in [4.69, 9.17) is 4.55 Å². The normalized spacial score (nSPS) is 12.6. The lowest BCUT2D eigenvalue weighted by Crippen LogP contribution is -2.05. The molecule has 0 saturated heterocycles. The Morgan fingerprint density at radius 1 is 1.25 bits per heavy atom. The average Bonchev–Trinajstić information content (AvgIpc) is 2.76. The summed E-state index contributed by atoms with van der Waals surface area (Å²) < 4.78 is 67.4. The quantitative estimate of drug-likeness (QED) is 0.877. The molecule has 0 unspecified atom stereocenters. The lowest BCUT2D eigenvalue weighted by atomic mass is 10.1. The van der Waals surface area contributed by atoms with Crippen LogP contribution in [-0.4, -0.2) is 23.2 Å². The van der Waals surface area contributed by atoms with Crippen LogP contribution in [-0.2, 0) is 22.7 Å². The molecule has 1 heterocycles. The number of rotatable bonds is 3. The first-order valence-corrected chi connectivity index (χ1v) is 7.38. The summed E-state index contributed by atoms with van der Waals surface area (Å²) in [5, 5.41) is 6.97. The first kappa shape index (κ1) is 14.9. The molecule has 2 rings (SSSR count). The molecule has 0 radical (unpaired) electrons. The molecule has 108 valence electrons. The Bertz CT molecular complexity index is 725. The summed E-state index contributed by atoms with van der Waals surface area (Å²) in [5.74, 6) is 0. The maximum absolute atomic E-state index is 12.5. The lowest BCUT2D eigenvalue weighted by Gasteiger charge is -2.07. The highest BCUT2D eigenvalue weighted by atomic mass is 32.3. The van der Waals surface area contributed by atoms with E-state index in [2.05, 4.69) is 10.2 Å². The molecule has 0 fully saturated rings. The maximum Gasteiger partial charge on any atom is 0.416 e. The highest BCUT2D eigenvalue weighted by Gasteiger charge is 2.30. The minimum atomic E-state index is -4.45. The van der Waals surface area contributed by atoms with Crippen LogP contribution in [0.2, 0.25) is 0 Å². The largest absolute Gasteiger partial charge is 0.416 e. The number of hydrogen-bond donors (Lipinski definition) is 1. The summed E-state index contributed by atoms with van der Waals surface area (Å²) in [6.45, 7) is 0. The Kier molecular flexibility index (Phi) is 3.80. The Morgan fingerprint density at radius 3 is 2.50 bits per heavy atom. The zero-order valence-electron chi connectivity index (χ0n) is 9.63. The van der Waals surface area contributed by atoms with Gasteiger partial charge in [0.15, 0.2) is 0 Å². The van der Waals surface area contributed by atoms with Crippen LogP contribution >= 0.6 is 11.3 Å². The van der Waals surface area contributed by atoms with Crippen molar-refractivity contribution in [3.63, 3.8) is 0 Å². The minimum Gasteiger partial charge on any atom is -0.280 e. The van der Waals surface area contributed by atoms with Gasteiger partial charge in [-0.3, -0.25) is 4.55 Å². The van der Waals surface area contributed by atoms with E-state index in [1.165, 1.54) is 12.1 Å². The number of alkyl halides is 3. The Balaban J connectivity index is 2.25. The third-order valence-electron chi connectivity index (χ3n) is 2.28. The molecule has 0 spiro atoms. The van der Waals surface area contributed by atoms with Crippen molar-refractivity contribution in [1.82, 2.24) is 10.2 Å². The maximum atomic E-state index is 12.5. The molecule has 0 saturated carbocycles. The average molecular weight is 324 g/mol. The molecular formula is C10H7F3N2O3S2. The Morgan fingerprint density at radius 2 is 1.95 bits per heavy atom. The number of benzene rings is 1. The minimum absolute atomic E-state index is 0.00287. The van der Waals surface area contributed by atoms with Crippen LogP contribution in [0.5, 0.6) is 0 Å². The van der Waals surface area contributed by atoms with Gasteiger partial charge >= 0.3 is 16.3 Å². The van der Waals surface area contributed by atoms with Gasteiger partial charge in [-0.2, -0.15) is 21.6 Å². The van der Waals surface area contributed by atoms with Crippen LogP contribution in [0.1, 0.15) is 16.1 Å². The topological polar surface area (TPSA) is 80.2 Å². The van der Waals surface area contributed by atoms with E-state index >= 15 is 0 Å². The summed E-state index contributed by atoms with van der Waals surface area (Å²) in [6, 6.07) is 4.61. The fourth-order valence-electron chi connectivity index (χ4n) is 1.45. The van der Waals surface area contributed by atoms with Crippen molar-refractivity contribution < 1.29 is 26.1 Å². The van der Waals surface area contributed by atoms with Crippen molar-refractivity contribution in [2.45, 2.75) is 16.9 Å². The summed E-state index contributed by atoms with van der Waals surface area (Å²) in [5.41, 5.74) is -0.479. The van der Waals surface area contributed by atoms with Crippen molar-refractivity contribution in [3.8, 4) is 0 Å². The van der Waals surface area contributed by atoms with Gasteiger partial charge in [0, 0.05) is 6.42 Å². The molecule has 10 heteroatoms. The van der Waals surface area contributed by atoms with Crippen molar-refractivity contribution in [3.05, 3.63) is 40.4 Å². The van der Waals surface area contributed by atoms with Crippen molar-refractivity contribution in [2.24, 2.45) is 0 Å². The van der Waals surface area contributed by atoms with Crippen molar-refractivity contribution in [1.29, 1.82) is 0 Å². The van der Waals surface area contributed by atoms with Gasteiger partial charge in [-0.15, -0.1) is 10.2 Å². The van der Waals surface area contributed by atoms with Gasteiger partial charge in [0.1, 0.15) is 5.01 Å². The highest BCUT2D eigenvalue weighted by molar-refractivity contribution is 7.87. The molecule has 0 aliphatic rings. The van der Waals surface area contributed by atoms with Gasteiger partial charge in [-0.05, 0) is 11.6 Å². The molecule has 1 aromatic carbocycles. The second kappa shape index (κ2) is 5.11. The molecule has 20 heavy (non-hydrogen) atoms. The Hall–Kier alpha value is -1.52. The van der Waals surface area contributed by atoms with E-state index in [1.54, 1.807) is 0 Å². The predicted octanol–water partition coefficient (Wildman–Crippen LogP) is 2.39. The lowest BCUT2D eigenvalue weighted by molar-refractivity contribution is -0.137. The molecule has 0 amide bonds. The molecule has 2 aromatic rings. The van der Waals surface area contributed by atoms with Crippen LogP contribution in [0.4, 0.5) is 13.2 Å². The van der Waals surface area contributed by atoms with Crippen molar-refractivity contribution in [2.75, 3.05) is 0 Å². The van der Waals surface area contributed by atoms with Gasteiger partial charge < -0.3 is 0 Å². The molecule has 0 atom stereocenters. The van der Waals surface area contributed by atoms with Crippen molar-refractivity contribution >= 4 is 21.5 Å². The van der Waals surface area contributed by atoms with Crippen LogP contribution < -0.4 is 0 Å². The fourth-order valence-corrected chi connectivity index (χ4v) is 2.90. The third kappa shape index (κ3) is 3.52. The molecular weight excluding hydrogens is 317 g/mol. The first-order chi connectivity index (χ1) is 9.16. The second-order valence-corrected chi connectivity index (χ2v) is 6.47. The summed E-state index contributed by atoms with van der Waals surface area (Å²) in [7, 11) is -4.44. The van der Waals surface area contributed by atoms with Crippen LogP contribution in [0, 0.1) is 0 Å². The van der Waals surface area contributed by atoms with E-state index in [-0.39, 0.29) is 11.4 Å². The number of hydrogen-bond acceptors (Lipinski definition) is 5. The van der Waals surface area contributed by atoms with Gasteiger partial charge in [0.05, 0.1) is 5.56 Å². The van der Waals surface area contributed by atoms with Gasteiger partial charge in [0.2, 0.25) is 0 Å². The molecule has 0 aliphatic carbocycles. The van der Waals surface area contributed by atoms with Gasteiger partial charge in [-0.25, -0.2) is 0 Å². The SMILES string of the molecule is O=S(=O)(O)c1nnc(Cc2cccc(C(F)(F)F)c2)s1. The number of aromatic nitrogens is 2. The fraction of sp³-hybridized carbons (Fsp3) is 0.200. The summed E-state index contributed by atoms with van der Waals surface area (Å²) >= 11 is 0.607. The Labute approximate surface area is 115 Å². The first-order valence-electron chi connectivity index (χ1n) is 5.12. The molecule has 0 aliphatic heterocycles. The summed E-state index contributed by atoms with van der Waals surface area (Å²) in [4.78, 5) is 0. The van der Waals surface area contributed by atoms with Crippen LogP contribution in [0.3, 0.4) is 0 Å². The van der Waals surface area contributed by atoms with E-state index in [0.29, 0.717) is 16.9 Å². The molecule has 5 nitrogen and oxygen atoms in total. The molecule has 1 N–H and O–H groups in total. The van der Waals surface area contributed by atoms with Crippen LogP contribution in [0.25, 0.3) is 0 Å². The van der Waals surface area contributed by atoms with Gasteiger partial charge in [-0.1, -0.05) is 29.5 Å². The zero-order chi connectivity index (χ0) is 15.0. The predicted molar refractivity (Wildman–Crippen MR) is 64.0 cm³/mol. The number of halogens is 3. The van der Waals surface area contributed by atoms with E-state index in [9.17, 15) is 21.6 Å². The second-order valence-electron chi connectivity index (χ2n) is 3.81. The van der Waals surface area contributed by atoms with Gasteiger partial charge in [0.25, 0.3) is 4.34 Å². The molecule has 0 bridgehead atoms. The number of nitrogens with zero attached hydrogens (tertiary/aromatic N) is 2. The zero-order valence-corrected chi connectivity index (χ0v) is 11.3. The summed E-state index contributed by atoms with van der Waals surface area (Å²) in [6.07, 6.45) is -4.45. The van der Waals surface area contributed by atoms with E-state index in [1.807, 2.05) is 0 Å². The third-order valence-corrected chi connectivity index (χ3v) is 4.40. The smallest absolute Gasteiger partial charge is 0.280 e. The highest BCUT2D eigenvalue weighted by Crippen LogP contribution is 2.30. The monoisotopic (exact) mass is 324 g/mol. The molecule has 1 aromatic heterocycles. The van der Waals surface area contributed by atoms with E-state index in [0.717, 1.165) is 12.1 Å². The van der Waals surface area contributed by atoms with E-state index < -0.39 is 26.2 Å².